The molecule has 0 saturated heterocycles. The molecule has 2 rings (SSSR count). The van der Waals surface area contributed by atoms with Gasteiger partial charge in [0, 0.05) is 18.3 Å². The van der Waals surface area contributed by atoms with E-state index in [1.165, 1.54) is 12.0 Å². The van der Waals surface area contributed by atoms with Gasteiger partial charge in [0.15, 0.2) is 0 Å². The first kappa shape index (κ1) is 10.4. The van der Waals surface area contributed by atoms with Crippen molar-refractivity contribution >= 4 is 5.78 Å². The summed E-state index contributed by atoms with van der Waals surface area (Å²) in [4.78, 5) is 11.7. The Morgan fingerprint density at radius 2 is 2.20 bits per heavy atom. The van der Waals surface area contributed by atoms with E-state index in [2.05, 4.69) is 24.5 Å². The highest BCUT2D eigenvalue weighted by Crippen LogP contribution is 2.55. The maximum absolute atomic E-state index is 11.7. The smallest absolute Gasteiger partial charge is 0.134 e. The Balaban J connectivity index is 2.44. The van der Waals surface area contributed by atoms with E-state index in [-0.39, 0.29) is 5.41 Å². The van der Waals surface area contributed by atoms with Gasteiger partial charge in [-0.1, -0.05) is 18.7 Å². The molecule has 0 spiro atoms. The summed E-state index contributed by atoms with van der Waals surface area (Å²) in [5, 5.41) is 0. The molecule has 0 aliphatic heterocycles. The van der Waals surface area contributed by atoms with Gasteiger partial charge in [-0.2, -0.15) is 0 Å². The molecule has 0 radical (unpaired) electrons. The van der Waals surface area contributed by atoms with E-state index in [1.807, 2.05) is 6.92 Å². The fraction of sp³-hybridized carbons (Fsp3) is 0.571. The second kappa shape index (κ2) is 3.83. The highest BCUT2D eigenvalue weighted by molar-refractivity contribution is 5.81. The highest BCUT2D eigenvalue weighted by Gasteiger charge is 2.47. The van der Waals surface area contributed by atoms with Crippen molar-refractivity contribution in [2.45, 2.75) is 39.0 Å². The summed E-state index contributed by atoms with van der Waals surface area (Å²) in [6.07, 6.45) is 9.08. The molecule has 2 aliphatic carbocycles. The molecular weight excluding hydrogens is 184 g/mol. The van der Waals surface area contributed by atoms with Crippen LogP contribution in [0, 0.1) is 11.3 Å². The third-order valence-corrected chi connectivity index (χ3v) is 3.97. The first-order valence-electron chi connectivity index (χ1n) is 5.78. The summed E-state index contributed by atoms with van der Waals surface area (Å²) in [6, 6.07) is 0. The van der Waals surface area contributed by atoms with Gasteiger partial charge in [0.25, 0.3) is 0 Å². The molecule has 0 aromatic rings. The predicted octanol–water partition coefficient (Wildman–Crippen LogP) is 3.42. The summed E-state index contributed by atoms with van der Waals surface area (Å²) >= 11 is 0. The number of ketones is 1. The van der Waals surface area contributed by atoms with Crippen molar-refractivity contribution < 1.29 is 4.79 Å². The van der Waals surface area contributed by atoms with Gasteiger partial charge >= 0.3 is 0 Å². The quantitative estimate of drug-likeness (QED) is 0.470. The van der Waals surface area contributed by atoms with Crippen molar-refractivity contribution in [2.24, 2.45) is 11.3 Å². The largest absolute Gasteiger partial charge is 0.300 e. The van der Waals surface area contributed by atoms with E-state index in [0.717, 1.165) is 19.3 Å². The SMILES string of the molecule is C=C=C1CC[C@@H]2CCC(=O)C[C@]12/C=C/C. The molecule has 0 aromatic carbocycles. The predicted molar refractivity (Wildman–Crippen MR) is 61.5 cm³/mol. The molecule has 0 unspecified atom stereocenters. The number of hydrogen-bond donors (Lipinski definition) is 0. The number of allylic oxidation sites excluding steroid dienone is 3. The van der Waals surface area contributed by atoms with Gasteiger partial charge < -0.3 is 0 Å². The first-order valence-corrected chi connectivity index (χ1v) is 5.78. The zero-order valence-corrected chi connectivity index (χ0v) is 9.38. The summed E-state index contributed by atoms with van der Waals surface area (Å²) in [7, 11) is 0. The Labute approximate surface area is 91.6 Å². The average molecular weight is 202 g/mol. The molecule has 2 atom stereocenters. The molecule has 0 amide bonds. The van der Waals surface area contributed by atoms with Crippen LogP contribution in [0.15, 0.2) is 30.0 Å². The van der Waals surface area contributed by atoms with Crippen molar-refractivity contribution in [1.29, 1.82) is 0 Å². The lowest BCUT2D eigenvalue weighted by molar-refractivity contribution is -0.123. The van der Waals surface area contributed by atoms with Crippen LogP contribution in [-0.2, 0) is 4.79 Å². The van der Waals surface area contributed by atoms with E-state index < -0.39 is 0 Å². The maximum Gasteiger partial charge on any atom is 0.134 e. The Hall–Kier alpha value is -1.07. The Kier molecular flexibility index (Phi) is 2.67. The number of carbonyl (C=O) groups excluding carboxylic acids is 1. The van der Waals surface area contributed by atoms with Gasteiger partial charge in [-0.25, -0.2) is 0 Å². The van der Waals surface area contributed by atoms with Crippen LogP contribution in [0.25, 0.3) is 0 Å². The lowest BCUT2D eigenvalue weighted by Gasteiger charge is -2.36. The van der Waals surface area contributed by atoms with Crippen LogP contribution in [0.4, 0.5) is 0 Å². The minimum atomic E-state index is -0.00810. The van der Waals surface area contributed by atoms with Gasteiger partial charge in [0.2, 0.25) is 0 Å². The van der Waals surface area contributed by atoms with Gasteiger partial charge in [-0.05, 0) is 37.7 Å². The third-order valence-electron chi connectivity index (χ3n) is 3.97. The molecule has 2 aliphatic rings. The fourth-order valence-electron chi connectivity index (χ4n) is 3.30. The maximum atomic E-state index is 11.7. The third kappa shape index (κ3) is 1.52. The van der Waals surface area contributed by atoms with Crippen molar-refractivity contribution in [1.82, 2.24) is 0 Å². The topological polar surface area (TPSA) is 17.1 Å². The molecule has 0 N–H and O–H groups in total. The first-order chi connectivity index (χ1) is 7.23. The normalized spacial score (nSPS) is 35.7. The van der Waals surface area contributed by atoms with Crippen LogP contribution in [0.3, 0.4) is 0 Å². The van der Waals surface area contributed by atoms with Crippen molar-refractivity contribution in [3.8, 4) is 0 Å². The lowest BCUT2D eigenvalue weighted by atomic mass is 9.66. The second-order valence-electron chi connectivity index (χ2n) is 4.69. The molecule has 0 bridgehead atoms. The Morgan fingerprint density at radius 3 is 2.87 bits per heavy atom. The van der Waals surface area contributed by atoms with Crippen molar-refractivity contribution in [2.75, 3.05) is 0 Å². The number of carbonyl (C=O) groups is 1. The number of Topliss-reactive ketones (excluding diaryl/α,β-unsaturated/α-hetero) is 1. The van der Waals surface area contributed by atoms with Crippen LogP contribution >= 0.6 is 0 Å². The molecule has 80 valence electrons. The van der Waals surface area contributed by atoms with Crippen LogP contribution < -0.4 is 0 Å². The molecule has 15 heavy (non-hydrogen) atoms. The zero-order chi connectivity index (χ0) is 10.9. The molecule has 2 fully saturated rings. The average Bonchev–Trinajstić information content (AvgIpc) is 2.55. The minimum Gasteiger partial charge on any atom is -0.300 e. The van der Waals surface area contributed by atoms with Crippen LogP contribution in [0.5, 0.6) is 0 Å². The number of rotatable bonds is 1. The fourth-order valence-corrected chi connectivity index (χ4v) is 3.30. The second-order valence-corrected chi connectivity index (χ2v) is 4.69. The van der Waals surface area contributed by atoms with Crippen LogP contribution in [-0.4, -0.2) is 5.78 Å². The summed E-state index contributed by atoms with van der Waals surface area (Å²) in [5.74, 6) is 1.05. The van der Waals surface area contributed by atoms with Crippen molar-refractivity contribution in [3.05, 3.63) is 30.0 Å². The molecule has 1 nitrogen and oxygen atoms in total. The van der Waals surface area contributed by atoms with Gasteiger partial charge in [-0.15, -0.1) is 5.73 Å². The Morgan fingerprint density at radius 1 is 1.47 bits per heavy atom. The number of hydrogen-bond acceptors (Lipinski definition) is 1. The monoisotopic (exact) mass is 202 g/mol. The standard InChI is InChI=1S/C14H18O/c1-3-9-14-10-13(15)8-7-12(14)6-5-11(14)4-2/h3,9,12H,2,5-8,10H2,1H3/b9-3+/t12-,14-/m1/s1. The highest BCUT2D eigenvalue weighted by atomic mass is 16.1. The molecule has 1 heteroatoms. The molecule has 0 heterocycles. The van der Waals surface area contributed by atoms with E-state index in [1.54, 1.807) is 0 Å². The summed E-state index contributed by atoms with van der Waals surface area (Å²) < 4.78 is 0. The summed E-state index contributed by atoms with van der Waals surface area (Å²) in [5.41, 5.74) is 4.33. The minimum absolute atomic E-state index is 0.00810. The lowest BCUT2D eigenvalue weighted by Crippen LogP contribution is -2.32. The van der Waals surface area contributed by atoms with E-state index in [4.69, 9.17) is 0 Å². The zero-order valence-electron chi connectivity index (χ0n) is 9.38. The van der Waals surface area contributed by atoms with Crippen molar-refractivity contribution in [3.63, 3.8) is 0 Å². The van der Waals surface area contributed by atoms with E-state index in [9.17, 15) is 4.79 Å². The summed E-state index contributed by atoms with van der Waals surface area (Å²) in [6.45, 7) is 5.81. The molecule has 0 aromatic heterocycles. The Bertz CT molecular complexity index is 358. The van der Waals surface area contributed by atoms with Gasteiger partial charge in [0.1, 0.15) is 5.78 Å². The van der Waals surface area contributed by atoms with Gasteiger partial charge in [0.05, 0.1) is 0 Å². The van der Waals surface area contributed by atoms with Gasteiger partial charge in [-0.3, -0.25) is 4.79 Å². The van der Waals surface area contributed by atoms with E-state index in [0.29, 0.717) is 18.1 Å². The van der Waals surface area contributed by atoms with Crippen LogP contribution in [0.2, 0.25) is 0 Å². The van der Waals surface area contributed by atoms with E-state index >= 15 is 0 Å². The molecule has 2 saturated carbocycles. The van der Waals surface area contributed by atoms with Crippen LogP contribution in [0.1, 0.15) is 39.0 Å². The molecular formula is C14H18O. The number of fused-ring (bicyclic) bond motifs is 1.